The van der Waals surface area contributed by atoms with Gasteiger partial charge in [0.1, 0.15) is 5.65 Å². The summed E-state index contributed by atoms with van der Waals surface area (Å²) < 4.78 is 3.72. The first kappa shape index (κ1) is 17.4. The molecule has 1 aromatic carbocycles. The first-order valence-electron chi connectivity index (χ1n) is 9.72. The number of pyridine rings is 3. The number of fused-ring (bicyclic) bond motifs is 2. The number of nitrogens with zero attached hydrogens (tertiary/aromatic N) is 4. The minimum atomic E-state index is -0.0564. The highest BCUT2D eigenvalue weighted by Crippen LogP contribution is 2.25. The molecule has 0 saturated carbocycles. The van der Waals surface area contributed by atoms with Gasteiger partial charge in [0.15, 0.2) is 0 Å². The maximum atomic E-state index is 13.1. The van der Waals surface area contributed by atoms with Crippen LogP contribution in [0.3, 0.4) is 0 Å². The summed E-state index contributed by atoms with van der Waals surface area (Å²) in [4.78, 5) is 22.1. The predicted octanol–water partition coefficient (Wildman–Crippen LogP) is 4.32. The third-order valence-corrected chi connectivity index (χ3v) is 5.29. The van der Waals surface area contributed by atoms with E-state index in [1.807, 2.05) is 65.5 Å². The lowest BCUT2D eigenvalue weighted by Crippen LogP contribution is -2.20. The highest BCUT2D eigenvalue weighted by molar-refractivity contribution is 5.95. The number of rotatable bonds is 4. The summed E-state index contributed by atoms with van der Waals surface area (Å²) in [6.45, 7) is 2.55. The molecule has 0 aliphatic carbocycles. The second-order valence-corrected chi connectivity index (χ2v) is 7.15. The van der Waals surface area contributed by atoms with E-state index in [1.165, 1.54) is 5.56 Å². The van der Waals surface area contributed by atoms with Gasteiger partial charge in [0.25, 0.3) is 5.56 Å². The van der Waals surface area contributed by atoms with Crippen molar-refractivity contribution in [3.05, 3.63) is 101 Å². The summed E-state index contributed by atoms with van der Waals surface area (Å²) in [7, 11) is 0. The van der Waals surface area contributed by atoms with Crippen molar-refractivity contribution in [3.8, 4) is 11.1 Å². The van der Waals surface area contributed by atoms with Gasteiger partial charge in [-0.25, -0.2) is 4.98 Å². The number of hydrogen-bond donors (Lipinski definition) is 0. The quantitative estimate of drug-likeness (QED) is 0.467. The summed E-state index contributed by atoms with van der Waals surface area (Å²) >= 11 is 0. The monoisotopic (exact) mass is 380 g/mol. The fourth-order valence-electron chi connectivity index (χ4n) is 3.73. The molecular weight excluding hydrogens is 360 g/mol. The van der Waals surface area contributed by atoms with Gasteiger partial charge < -0.3 is 8.97 Å². The van der Waals surface area contributed by atoms with E-state index in [0.717, 1.165) is 34.3 Å². The third kappa shape index (κ3) is 3.10. The van der Waals surface area contributed by atoms with Gasteiger partial charge in [-0.1, -0.05) is 43.3 Å². The molecule has 5 rings (SSSR count). The second-order valence-electron chi connectivity index (χ2n) is 7.15. The van der Waals surface area contributed by atoms with E-state index in [4.69, 9.17) is 0 Å². The Morgan fingerprint density at radius 3 is 2.62 bits per heavy atom. The van der Waals surface area contributed by atoms with Gasteiger partial charge in [-0.2, -0.15) is 0 Å². The maximum Gasteiger partial charge on any atom is 0.260 e. The molecule has 0 aliphatic heterocycles. The van der Waals surface area contributed by atoms with E-state index >= 15 is 0 Å². The van der Waals surface area contributed by atoms with Crippen LogP contribution in [0.25, 0.3) is 27.5 Å². The summed E-state index contributed by atoms with van der Waals surface area (Å²) in [6, 6.07) is 16.1. The van der Waals surface area contributed by atoms with Crippen LogP contribution < -0.4 is 5.56 Å². The SMILES string of the molecule is CCc1ccc2nc(Cn3ccc4c(-c5ccccc5)cncc4c3=O)cn2c1. The zero-order valence-corrected chi connectivity index (χ0v) is 16.1. The van der Waals surface area contributed by atoms with E-state index in [0.29, 0.717) is 11.9 Å². The largest absolute Gasteiger partial charge is 0.309 e. The molecular formula is C24H20N4O. The van der Waals surface area contributed by atoms with Crippen LogP contribution in [0.4, 0.5) is 0 Å². The van der Waals surface area contributed by atoms with Gasteiger partial charge in [-0.05, 0) is 35.1 Å². The van der Waals surface area contributed by atoms with Gasteiger partial charge in [0.05, 0.1) is 17.6 Å². The minimum Gasteiger partial charge on any atom is -0.309 e. The predicted molar refractivity (Wildman–Crippen MR) is 115 cm³/mol. The number of hydrogen-bond acceptors (Lipinski definition) is 3. The smallest absolute Gasteiger partial charge is 0.260 e. The molecule has 0 saturated heterocycles. The molecule has 4 aromatic heterocycles. The first-order valence-corrected chi connectivity index (χ1v) is 9.72. The van der Waals surface area contributed by atoms with E-state index in [2.05, 4.69) is 29.2 Å². The van der Waals surface area contributed by atoms with E-state index in [-0.39, 0.29) is 5.56 Å². The maximum absolute atomic E-state index is 13.1. The Morgan fingerprint density at radius 2 is 1.79 bits per heavy atom. The average Bonchev–Trinajstić information content (AvgIpc) is 3.17. The molecule has 5 nitrogen and oxygen atoms in total. The Kier molecular flexibility index (Phi) is 4.21. The lowest BCUT2D eigenvalue weighted by molar-refractivity contribution is 0.752. The Labute approximate surface area is 167 Å². The number of aryl methyl sites for hydroxylation is 1. The molecule has 29 heavy (non-hydrogen) atoms. The van der Waals surface area contributed by atoms with E-state index in [9.17, 15) is 4.79 Å². The fourth-order valence-corrected chi connectivity index (χ4v) is 3.73. The summed E-state index contributed by atoms with van der Waals surface area (Å²) in [5.74, 6) is 0. The normalized spacial score (nSPS) is 11.3. The van der Waals surface area contributed by atoms with Crippen LogP contribution in [0.2, 0.25) is 0 Å². The fraction of sp³-hybridized carbons (Fsp3) is 0.125. The second kappa shape index (κ2) is 7.02. The summed E-state index contributed by atoms with van der Waals surface area (Å²) in [5, 5.41) is 1.53. The zero-order valence-electron chi connectivity index (χ0n) is 16.1. The van der Waals surface area contributed by atoms with Crippen molar-refractivity contribution in [2.45, 2.75) is 19.9 Å². The van der Waals surface area contributed by atoms with Gasteiger partial charge in [-0.15, -0.1) is 0 Å². The highest BCUT2D eigenvalue weighted by Gasteiger charge is 2.10. The lowest BCUT2D eigenvalue weighted by atomic mass is 10.0. The molecule has 0 bridgehead atoms. The molecule has 142 valence electrons. The highest BCUT2D eigenvalue weighted by atomic mass is 16.1. The molecule has 0 N–H and O–H groups in total. The average molecular weight is 380 g/mol. The Balaban J connectivity index is 1.56. The number of imidazole rings is 1. The molecule has 0 unspecified atom stereocenters. The molecule has 5 heteroatoms. The Hall–Kier alpha value is -3.73. The topological polar surface area (TPSA) is 52.2 Å². The molecule has 5 aromatic rings. The summed E-state index contributed by atoms with van der Waals surface area (Å²) in [5.41, 5.74) is 4.95. The van der Waals surface area contributed by atoms with Crippen molar-refractivity contribution in [2.75, 3.05) is 0 Å². The van der Waals surface area contributed by atoms with Crippen LogP contribution in [-0.2, 0) is 13.0 Å². The molecule has 0 aliphatic rings. The van der Waals surface area contributed by atoms with Crippen LogP contribution in [0.5, 0.6) is 0 Å². The van der Waals surface area contributed by atoms with Gasteiger partial charge >= 0.3 is 0 Å². The van der Waals surface area contributed by atoms with E-state index < -0.39 is 0 Å². The van der Waals surface area contributed by atoms with Crippen molar-refractivity contribution >= 4 is 16.4 Å². The third-order valence-electron chi connectivity index (χ3n) is 5.29. The van der Waals surface area contributed by atoms with Crippen LogP contribution >= 0.6 is 0 Å². The van der Waals surface area contributed by atoms with Crippen molar-refractivity contribution < 1.29 is 0 Å². The van der Waals surface area contributed by atoms with Crippen LogP contribution in [-0.4, -0.2) is 18.9 Å². The molecule has 0 amide bonds. The van der Waals surface area contributed by atoms with Crippen molar-refractivity contribution in [3.63, 3.8) is 0 Å². The van der Waals surface area contributed by atoms with Crippen molar-refractivity contribution in [1.82, 2.24) is 18.9 Å². The van der Waals surface area contributed by atoms with Crippen molar-refractivity contribution in [2.24, 2.45) is 0 Å². The Morgan fingerprint density at radius 1 is 0.931 bits per heavy atom. The number of aromatic nitrogens is 4. The number of benzene rings is 1. The van der Waals surface area contributed by atoms with Crippen LogP contribution in [0.1, 0.15) is 18.2 Å². The standard InChI is InChI=1S/C24H20N4O/c1-2-17-8-9-23-26-19(16-28(23)14-17)15-27-11-10-20-21(18-6-4-3-5-7-18)12-25-13-22(20)24(27)29/h3-14,16H,2,15H2,1H3. The zero-order chi connectivity index (χ0) is 19.8. The Bertz CT molecular complexity index is 1380. The minimum absolute atomic E-state index is 0.0564. The summed E-state index contributed by atoms with van der Waals surface area (Å²) in [6.07, 6.45) is 10.4. The van der Waals surface area contributed by atoms with Crippen molar-refractivity contribution in [1.29, 1.82) is 0 Å². The van der Waals surface area contributed by atoms with Gasteiger partial charge in [0, 0.05) is 36.5 Å². The molecule has 0 spiro atoms. The lowest BCUT2D eigenvalue weighted by Gasteiger charge is -2.09. The van der Waals surface area contributed by atoms with Gasteiger partial charge in [0.2, 0.25) is 0 Å². The van der Waals surface area contributed by atoms with Crippen LogP contribution in [0.15, 0.2) is 84.3 Å². The molecule has 0 atom stereocenters. The van der Waals surface area contributed by atoms with Gasteiger partial charge in [-0.3, -0.25) is 9.78 Å². The molecule has 0 fully saturated rings. The molecule has 4 heterocycles. The van der Waals surface area contributed by atoms with Crippen LogP contribution in [0, 0.1) is 0 Å². The first-order chi connectivity index (χ1) is 14.2. The van der Waals surface area contributed by atoms with E-state index in [1.54, 1.807) is 10.8 Å². The molecule has 0 radical (unpaired) electrons.